The number of esters is 2. The Morgan fingerprint density at radius 1 is 1.07 bits per heavy atom. The third-order valence-electron chi connectivity index (χ3n) is 3.65. The lowest BCUT2D eigenvalue weighted by Crippen LogP contribution is -2.42. The Morgan fingerprint density at radius 3 is 2.28 bits per heavy atom. The Bertz CT molecular complexity index is 994. The highest BCUT2D eigenvalue weighted by atomic mass is 35.5. The lowest BCUT2D eigenvalue weighted by Gasteiger charge is -2.29. The topological polar surface area (TPSA) is 117 Å². The highest BCUT2D eigenvalue weighted by molar-refractivity contribution is 6.30. The molecule has 1 saturated heterocycles. The summed E-state index contributed by atoms with van der Waals surface area (Å²) < 4.78 is 15.6. The SMILES string of the molecule is CC1(C)OC(=O)C(=CNc2cc(Oc3ccc(Cl)cc3)cc([N+](=O)[O-])c2)C(=O)O1. The van der Waals surface area contributed by atoms with E-state index in [4.69, 9.17) is 25.8 Å². The summed E-state index contributed by atoms with van der Waals surface area (Å²) in [5, 5.41) is 14.4. The molecule has 0 spiro atoms. The Hall–Kier alpha value is -3.59. The van der Waals surface area contributed by atoms with Crippen LogP contribution in [0.15, 0.2) is 54.2 Å². The van der Waals surface area contributed by atoms with Gasteiger partial charge in [0.25, 0.3) is 11.5 Å². The van der Waals surface area contributed by atoms with Gasteiger partial charge in [-0.15, -0.1) is 0 Å². The maximum Gasteiger partial charge on any atom is 0.350 e. The largest absolute Gasteiger partial charge is 0.457 e. The van der Waals surface area contributed by atoms with E-state index >= 15 is 0 Å². The lowest BCUT2D eigenvalue weighted by molar-refractivity contribution is -0.384. The van der Waals surface area contributed by atoms with Crippen molar-refractivity contribution in [3.63, 3.8) is 0 Å². The summed E-state index contributed by atoms with van der Waals surface area (Å²) in [4.78, 5) is 34.6. The number of nitrogens with zero attached hydrogens (tertiary/aromatic N) is 1. The van der Waals surface area contributed by atoms with Crippen LogP contribution in [-0.4, -0.2) is 22.6 Å². The van der Waals surface area contributed by atoms with Crippen LogP contribution in [0.1, 0.15) is 13.8 Å². The molecule has 10 heteroatoms. The van der Waals surface area contributed by atoms with Gasteiger partial charge in [-0.1, -0.05) is 11.6 Å². The maximum atomic E-state index is 12.0. The zero-order chi connectivity index (χ0) is 21.2. The van der Waals surface area contributed by atoms with Crippen LogP contribution in [-0.2, 0) is 19.1 Å². The van der Waals surface area contributed by atoms with Crippen LogP contribution in [0.2, 0.25) is 5.02 Å². The number of nitrogens with one attached hydrogen (secondary N) is 1. The smallest absolute Gasteiger partial charge is 0.350 e. The number of cyclic esters (lactones) is 2. The van der Waals surface area contributed by atoms with Gasteiger partial charge in [0.15, 0.2) is 5.57 Å². The van der Waals surface area contributed by atoms with Gasteiger partial charge in [0.05, 0.1) is 11.0 Å². The molecule has 0 unspecified atom stereocenters. The number of hydrogen-bond acceptors (Lipinski definition) is 8. The van der Waals surface area contributed by atoms with Gasteiger partial charge >= 0.3 is 11.9 Å². The molecule has 0 atom stereocenters. The number of non-ortho nitro benzene ring substituents is 1. The number of halogens is 1. The van der Waals surface area contributed by atoms with Crippen molar-refractivity contribution in [3.05, 3.63) is 69.4 Å². The minimum Gasteiger partial charge on any atom is -0.457 e. The predicted molar refractivity (Wildman–Crippen MR) is 103 cm³/mol. The predicted octanol–water partition coefficient (Wildman–Crippen LogP) is 4.17. The van der Waals surface area contributed by atoms with E-state index in [9.17, 15) is 19.7 Å². The number of nitro benzene ring substituents is 1. The van der Waals surface area contributed by atoms with Crippen LogP contribution in [0.5, 0.6) is 11.5 Å². The first-order valence-electron chi connectivity index (χ1n) is 8.29. The first kappa shape index (κ1) is 20.2. The molecular formula is C19H15ClN2O7. The van der Waals surface area contributed by atoms with E-state index in [-0.39, 0.29) is 22.7 Å². The third kappa shape index (κ3) is 5.02. The number of carbonyl (C=O) groups excluding carboxylic acids is 2. The molecule has 0 amide bonds. The zero-order valence-corrected chi connectivity index (χ0v) is 16.1. The Morgan fingerprint density at radius 2 is 1.69 bits per heavy atom. The van der Waals surface area contributed by atoms with Crippen LogP contribution in [0.25, 0.3) is 0 Å². The van der Waals surface area contributed by atoms with E-state index in [1.807, 2.05) is 0 Å². The molecule has 0 aliphatic carbocycles. The summed E-state index contributed by atoms with van der Waals surface area (Å²) in [6, 6.07) is 10.3. The van der Waals surface area contributed by atoms with Crippen LogP contribution >= 0.6 is 11.6 Å². The van der Waals surface area contributed by atoms with E-state index in [1.54, 1.807) is 24.3 Å². The molecule has 0 saturated carbocycles. The number of rotatable bonds is 5. The van der Waals surface area contributed by atoms with Crippen molar-refractivity contribution in [3.8, 4) is 11.5 Å². The fraction of sp³-hybridized carbons (Fsp3) is 0.158. The minimum atomic E-state index is -1.36. The second-order valence-corrected chi connectivity index (χ2v) is 6.85. The average molecular weight is 419 g/mol. The van der Waals surface area contributed by atoms with Crippen molar-refractivity contribution >= 4 is 34.9 Å². The lowest BCUT2D eigenvalue weighted by atomic mass is 10.2. The summed E-state index contributed by atoms with van der Waals surface area (Å²) in [6.45, 7) is 2.85. The molecule has 1 N–H and O–H groups in total. The minimum absolute atomic E-state index is 0.164. The number of anilines is 1. The summed E-state index contributed by atoms with van der Waals surface area (Å²) in [6.07, 6.45) is 1.06. The summed E-state index contributed by atoms with van der Waals surface area (Å²) in [7, 11) is 0. The quantitative estimate of drug-likeness (QED) is 0.253. The van der Waals surface area contributed by atoms with Crippen LogP contribution in [0.4, 0.5) is 11.4 Å². The van der Waals surface area contributed by atoms with Crippen molar-refractivity contribution in [1.82, 2.24) is 0 Å². The van der Waals surface area contributed by atoms with Crippen molar-refractivity contribution in [2.75, 3.05) is 5.32 Å². The fourth-order valence-corrected chi connectivity index (χ4v) is 2.53. The van der Waals surface area contributed by atoms with Gasteiger partial charge < -0.3 is 19.5 Å². The van der Waals surface area contributed by atoms with Crippen LogP contribution in [0, 0.1) is 10.1 Å². The number of hydrogen-bond donors (Lipinski definition) is 1. The second kappa shape index (κ2) is 7.80. The third-order valence-corrected chi connectivity index (χ3v) is 3.90. The van der Waals surface area contributed by atoms with Crippen molar-refractivity contribution in [2.24, 2.45) is 0 Å². The monoisotopic (exact) mass is 418 g/mol. The molecule has 1 aliphatic heterocycles. The zero-order valence-electron chi connectivity index (χ0n) is 15.3. The Balaban J connectivity index is 1.86. The van der Waals surface area contributed by atoms with Gasteiger partial charge in [-0.3, -0.25) is 10.1 Å². The van der Waals surface area contributed by atoms with Crippen molar-refractivity contribution in [1.29, 1.82) is 0 Å². The van der Waals surface area contributed by atoms with Crippen molar-refractivity contribution < 1.29 is 28.7 Å². The first-order valence-corrected chi connectivity index (χ1v) is 8.67. The molecular weight excluding hydrogens is 404 g/mol. The second-order valence-electron chi connectivity index (χ2n) is 6.41. The summed E-state index contributed by atoms with van der Waals surface area (Å²) in [5.74, 6) is -2.53. The fourth-order valence-electron chi connectivity index (χ4n) is 2.40. The molecule has 9 nitrogen and oxygen atoms in total. The highest BCUT2D eigenvalue weighted by Crippen LogP contribution is 2.31. The Labute approximate surface area is 170 Å². The molecule has 150 valence electrons. The molecule has 3 rings (SSSR count). The van der Waals surface area contributed by atoms with E-state index in [1.165, 1.54) is 32.0 Å². The number of nitro groups is 1. The van der Waals surface area contributed by atoms with Crippen LogP contribution < -0.4 is 10.1 Å². The molecule has 1 heterocycles. The molecule has 0 bridgehead atoms. The molecule has 2 aromatic rings. The first-order chi connectivity index (χ1) is 13.6. The van der Waals surface area contributed by atoms with Crippen molar-refractivity contribution in [2.45, 2.75) is 19.6 Å². The average Bonchev–Trinajstić information content (AvgIpc) is 2.62. The highest BCUT2D eigenvalue weighted by Gasteiger charge is 2.38. The summed E-state index contributed by atoms with van der Waals surface area (Å²) >= 11 is 5.83. The molecule has 0 radical (unpaired) electrons. The van der Waals surface area contributed by atoms with Gasteiger partial charge in [0.2, 0.25) is 0 Å². The number of ether oxygens (including phenoxy) is 3. The van der Waals surface area contributed by atoms with E-state index in [0.717, 1.165) is 6.20 Å². The summed E-state index contributed by atoms with van der Waals surface area (Å²) in [5.41, 5.74) is -0.426. The molecule has 0 aromatic heterocycles. The van der Waals surface area contributed by atoms with E-state index in [0.29, 0.717) is 10.8 Å². The standard InChI is InChI=1S/C19H15ClN2O7/c1-19(2)28-17(23)16(18(24)29-19)10-21-12-7-13(22(25)26)9-15(8-12)27-14-5-3-11(20)4-6-14/h3-10,21H,1-2H3. The molecule has 1 aliphatic rings. The maximum absolute atomic E-state index is 12.0. The van der Waals surface area contributed by atoms with E-state index < -0.39 is 22.6 Å². The van der Waals surface area contributed by atoms with Gasteiger partial charge in [-0.05, 0) is 24.3 Å². The normalized spacial score (nSPS) is 15.2. The molecule has 29 heavy (non-hydrogen) atoms. The Kier molecular flexibility index (Phi) is 5.42. The van der Waals surface area contributed by atoms with Gasteiger partial charge in [-0.2, -0.15) is 0 Å². The number of carbonyl (C=O) groups is 2. The van der Waals surface area contributed by atoms with Crippen LogP contribution in [0.3, 0.4) is 0 Å². The molecule has 1 fully saturated rings. The van der Waals surface area contributed by atoms with E-state index in [2.05, 4.69) is 5.32 Å². The number of benzene rings is 2. The van der Waals surface area contributed by atoms with Gasteiger partial charge in [0.1, 0.15) is 11.5 Å². The molecule has 2 aromatic carbocycles. The van der Waals surface area contributed by atoms with Gasteiger partial charge in [0, 0.05) is 42.9 Å². The van der Waals surface area contributed by atoms with Gasteiger partial charge in [-0.25, -0.2) is 9.59 Å².